The van der Waals surface area contributed by atoms with Gasteiger partial charge in [0.05, 0.1) is 16.4 Å². The minimum absolute atomic E-state index is 0.254. The van der Waals surface area contributed by atoms with Crippen molar-refractivity contribution in [2.45, 2.75) is 12.5 Å². The average molecular weight is 208 g/mol. The SMILES string of the molecule is c1ncc(-c2noc(C3CCN3)n2)s1. The number of hydrogen-bond acceptors (Lipinski definition) is 6. The maximum atomic E-state index is 5.15. The van der Waals surface area contributed by atoms with Gasteiger partial charge in [0.2, 0.25) is 11.7 Å². The Bertz CT molecular complexity index is 420. The zero-order valence-electron chi connectivity index (χ0n) is 7.30. The Hall–Kier alpha value is -1.27. The van der Waals surface area contributed by atoms with Crippen LogP contribution in [0.25, 0.3) is 10.7 Å². The van der Waals surface area contributed by atoms with Gasteiger partial charge in [-0.25, -0.2) is 0 Å². The second kappa shape index (κ2) is 3.14. The standard InChI is InChI=1S/C8H8N4OS/c1-2-10-5(1)8-11-7(12-13-8)6-3-9-4-14-6/h3-5,10H,1-2H2. The Morgan fingerprint density at radius 3 is 3.14 bits per heavy atom. The smallest absolute Gasteiger partial charge is 0.244 e. The van der Waals surface area contributed by atoms with Crippen LogP contribution < -0.4 is 5.32 Å². The van der Waals surface area contributed by atoms with Crippen molar-refractivity contribution in [2.24, 2.45) is 0 Å². The summed E-state index contributed by atoms with van der Waals surface area (Å²) in [6, 6.07) is 0.254. The Kier molecular flexibility index (Phi) is 1.81. The third kappa shape index (κ3) is 1.23. The summed E-state index contributed by atoms with van der Waals surface area (Å²) in [4.78, 5) is 9.22. The van der Waals surface area contributed by atoms with Crippen LogP contribution in [0.15, 0.2) is 16.2 Å². The van der Waals surface area contributed by atoms with Crippen molar-refractivity contribution < 1.29 is 4.52 Å². The topological polar surface area (TPSA) is 63.8 Å². The molecule has 0 aromatic carbocycles. The molecule has 3 rings (SSSR count). The minimum atomic E-state index is 0.254. The minimum Gasteiger partial charge on any atom is -0.337 e. The Morgan fingerprint density at radius 1 is 1.57 bits per heavy atom. The molecule has 0 saturated carbocycles. The number of rotatable bonds is 2. The third-order valence-electron chi connectivity index (χ3n) is 2.22. The first-order chi connectivity index (χ1) is 6.93. The summed E-state index contributed by atoms with van der Waals surface area (Å²) in [5.41, 5.74) is 1.76. The Morgan fingerprint density at radius 2 is 2.50 bits per heavy atom. The summed E-state index contributed by atoms with van der Waals surface area (Å²) in [5.74, 6) is 1.32. The molecular weight excluding hydrogens is 200 g/mol. The van der Waals surface area contributed by atoms with Crippen LogP contribution in [0.3, 0.4) is 0 Å². The van der Waals surface area contributed by atoms with Gasteiger partial charge in [-0.3, -0.25) is 4.98 Å². The molecule has 0 radical (unpaired) electrons. The van der Waals surface area contributed by atoms with Crippen LogP contribution in [0, 0.1) is 0 Å². The molecular formula is C8H8N4OS. The number of hydrogen-bond donors (Lipinski definition) is 1. The fourth-order valence-corrected chi connectivity index (χ4v) is 1.85. The van der Waals surface area contributed by atoms with Gasteiger partial charge in [0.1, 0.15) is 0 Å². The van der Waals surface area contributed by atoms with Crippen molar-refractivity contribution in [1.82, 2.24) is 20.4 Å². The molecule has 0 bridgehead atoms. The van der Waals surface area contributed by atoms with Gasteiger partial charge in [-0.2, -0.15) is 4.98 Å². The molecule has 1 atom stereocenters. The van der Waals surface area contributed by atoms with E-state index in [1.807, 2.05) is 0 Å². The number of aromatic nitrogens is 3. The fraction of sp³-hybridized carbons (Fsp3) is 0.375. The van der Waals surface area contributed by atoms with E-state index in [4.69, 9.17) is 4.52 Å². The van der Waals surface area contributed by atoms with Gasteiger partial charge >= 0.3 is 0 Å². The maximum absolute atomic E-state index is 5.15. The molecule has 2 aromatic rings. The molecule has 72 valence electrons. The second-order valence-corrected chi connectivity index (χ2v) is 4.00. The molecule has 0 spiro atoms. The summed E-state index contributed by atoms with van der Waals surface area (Å²) < 4.78 is 5.15. The first-order valence-electron chi connectivity index (χ1n) is 4.39. The van der Waals surface area contributed by atoms with Gasteiger partial charge in [-0.15, -0.1) is 11.3 Å². The highest BCUT2D eigenvalue weighted by molar-refractivity contribution is 7.13. The van der Waals surface area contributed by atoms with E-state index in [2.05, 4.69) is 20.4 Å². The molecule has 0 aliphatic carbocycles. The van der Waals surface area contributed by atoms with E-state index in [0.29, 0.717) is 11.7 Å². The molecule has 6 heteroatoms. The average Bonchev–Trinajstić information content (AvgIpc) is 2.65. The van der Waals surface area contributed by atoms with Crippen molar-refractivity contribution in [1.29, 1.82) is 0 Å². The van der Waals surface area contributed by atoms with E-state index < -0.39 is 0 Å². The van der Waals surface area contributed by atoms with Crippen molar-refractivity contribution in [3.8, 4) is 10.7 Å². The first-order valence-corrected chi connectivity index (χ1v) is 5.27. The second-order valence-electron chi connectivity index (χ2n) is 3.12. The van der Waals surface area contributed by atoms with Gasteiger partial charge in [-0.1, -0.05) is 5.16 Å². The predicted molar refractivity (Wildman–Crippen MR) is 50.8 cm³/mol. The molecule has 2 aromatic heterocycles. The number of thiazole rings is 1. The maximum Gasteiger partial charge on any atom is 0.244 e. The summed E-state index contributed by atoms with van der Waals surface area (Å²) in [5, 5.41) is 7.12. The van der Waals surface area contributed by atoms with Crippen molar-refractivity contribution in [2.75, 3.05) is 6.54 Å². The van der Waals surface area contributed by atoms with E-state index >= 15 is 0 Å². The van der Waals surface area contributed by atoms with Gasteiger partial charge in [-0.05, 0) is 13.0 Å². The Labute approximate surface area is 84.2 Å². The van der Waals surface area contributed by atoms with Gasteiger partial charge in [0, 0.05) is 6.20 Å². The Balaban J connectivity index is 1.90. The highest BCUT2D eigenvalue weighted by Gasteiger charge is 2.24. The summed E-state index contributed by atoms with van der Waals surface area (Å²) >= 11 is 1.51. The van der Waals surface area contributed by atoms with Crippen LogP contribution in [0.4, 0.5) is 0 Å². The summed E-state index contributed by atoms with van der Waals surface area (Å²) in [6.07, 6.45) is 2.82. The van der Waals surface area contributed by atoms with Crippen LogP contribution >= 0.6 is 11.3 Å². The van der Waals surface area contributed by atoms with E-state index in [0.717, 1.165) is 17.8 Å². The number of nitrogens with zero attached hydrogens (tertiary/aromatic N) is 3. The van der Waals surface area contributed by atoms with E-state index in [1.54, 1.807) is 11.7 Å². The lowest BCUT2D eigenvalue weighted by Gasteiger charge is -2.23. The van der Waals surface area contributed by atoms with Crippen LogP contribution in [0.2, 0.25) is 0 Å². The number of nitrogens with one attached hydrogen (secondary N) is 1. The van der Waals surface area contributed by atoms with Crippen LogP contribution in [0.1, 0.15) is 18.4 Å². The molecule has 1 aliphatic rings. The third-order valence-corrected chi connectivity index (χ3v) is 2.99. The van der Waals surface area contributed by atoms with Crippen LogP contribution in [-0.4, -0.2) is 21.7 Å². The van der Waals surface area contributed by atoms with Gasteiger partial charge in [0.15, 0.2) is 0 Å². The molecule has 1 N–H and O–H groups in total. The quantitative estimate of drug-likeness (QED) is 0.804. The van der Waals surface area contributed by atoms with E-state index in [1.165, 1.54) is 11.3 Å². The summed E-state index contributed by atoms with van der Waals surface area (Å²) in [7, 11) is 0. The molecule has 0 amide bonds. The highest BCUT2D eigenvalue weighted by atomic mass is 32.1. The molecule has 3 heterocycles. The lowest BCUT2D eigenvalue weighted by molar-refractivity contribution is 0.273. The zero-order valence-corrected chi connectivity index (χ0v) is 8.12. The van der Waals surface area contributed by atoms with Crippen molar-refractivity contribution in [3.05, 3.63) is 17.6 Å². The molecule has 1 fully saturated rings. The van der Waals surface area contributed by atoms with Crippen LogP contribution in [-0.2, 0) is 0 Å². The lowest BCUT2D eigenvalue weighted by atomic mass is 10.1. The van der Waals surface area contributed by atoms with Crippen molar-refractivity contribution in [3.63, 3.8) is 0 Å². The molecule has 1 unspecified atom stereocenters. The zero-order chi connectivity index (χ0) is 9.38. The van der Waals surface area contributed by atoms with Gasteiger partial charge in [0.25, 0.3) is 0 Å². The normalized spacial score (nSPS) is 20.7. The van der Waals surface area contributed by atoms with E-state index in [-0.39, 0.29) is 6.04 Å². The molecule has 1 aliphatic heterocycles. The molecule has 14 heavy (non-hydrogen) atoms. The molecule has 1 saturated heterocycles. The van der Waals surface area contributed by atoms with Crippen LogP contribution in [0.5, 0.6) is 0 Å². The molecule has 5 nitrogen and oxygen atoms in total. The monoisotopic (exact) mass is 208 g/mol. The highest BCUT2D eigenvalue weighted by Crippen LogP contribution is 2.25. The van der Waals surface area contributed by atoms with Gasteiger partial charge < -0.3 is 9.84 Å². The lowest BCUT2D eigenvalue weighted by Crippen LogP contribution is -2.35. The van der Waals surface area contributed by atoms with E-state index in [9.17, 15) is 0 Å². The first kappa shape index (κ1) is 8.07. The predicted octanol–water partition coefficient (Wildman–Crippen LogP) is 1.23. The summed E-state index contributed by atoms with van der Waals surface area (Å²) in [6.45, 7) is 1.03. The van der Waals surface area contributed by atoms with Crippen molar-refractivity contribution >= 4 is 11.3 Å². The largest absolute Gasteiger partial charge is 0.337 e. The fourth-order valence-electron chi connectivity index (χ4n) is 1.30.